The minimum absolute atomic E-state index is 0.0541. The summed E-state index contributed by atoms with van der Waals surface area (Å²) in [5.41, 5.74) is 1.50. The van der Waals surface area contributed by atoms with E-state index < -0.39 is 0 Å². The van der Waals surface area contributed by atoms with E-state index in [4.69, 9.17) is 0 Å². The fraction of sp³-hybridized carbons (Fsp3) is 0.538. The number of likely N-dealkylation sites (N-methyl/N-ethyl adjacent to an activating group) is 2. The number of Topliss-reactive ketones (excluding diaryl/α,β-unsaturated/α-hetero) is 2. The van der Waals surface area contributed by atoms with Gasteiger partial charge in [-0.25, -0.2) is 0 Å². The average Bonchev–Trinajstić information content (AvgIpc) is 2.90. The van der Waals surface area contributed by atoms with Gasteiger partial charge in [-0.1, -0.05) is 114 Å². The molecule has 0 heterocycles. The number of benzene rings is 3. The maximum absolute atomic E-state index is 13.2. The Labute approximate surface area is 262 Å². The molecular weight excluding hydrogens is 528 g/mol. The minimum atomic E-state index is -0.352. The standard InChI is InChI=1S/C22H31NO.C17H27NO/c1-21(2,3)20(24)19(23(7)22(4,5)6)15-17-13-10-12-16-11-8-9-14-18(16)17;1-16(2,3)15(19)14(18(7)17(4,5)6)13-11-9-8-10-12-13/h8-14,19H,15H2,1-7H3;8-12,14H,1-7H3/t19-;14-/m11/s1. The number of fused-ring (bicyclic) bond motifs is 1. The first-order valence-electron chi connectivity index (χ1n) is 15.6. The van der Waals surface area contributed by atoms with Crippen LogP contribution in [0.3, 0.4) is 0 Å². The largest absolute Gasteiger partial charge is 0.297 e. The fourth-order valence-corrected chi connectivity index (χ4v) is 5.04. The summed E-state index contributed by atoms with van der Waals surface area (Å²) in [7, 11) is 4.10. The Morgan fingerprint density at radius 1 is 0.581 bits per heavy atom. The van der Waals surface area contributed by atoms with Crippen LogP contribution in [0.2, 0.25) is 0 Å². The number of hydrogen-bond donors (Lipinski definition) is 0. The third kappa shape index (κ3) is 9.84. The highest BCUT2D eigenvalue weighted by Crippen LogP contribution is 2.33. The molecule has 4 heteroatoms. The van der Waals surface area contributed by atoms with Gasteiger partial charge in [-0.3, -0.25) is 19.4 Å². The highest BCUT2D eigenvalue weighted by Gasteiger charge is 2.38. The summed E-state index contributed by atoms with van der Waals surface area (Å²) in [6.07, 6.45) is 0.741. The van der Waals surface area contributed by atoms with E-state index in [9.17, 15) is 9.59 Å². The van der Waals surface area contributed by atoms with E-state index in [1.54, 1.807) is 0 Å². The first kappa shape index (κ1) is 36.4. The topological polar surface area (TPSA) is 40.6 Å². The molecule has 4 nitrogen and oxygen atoms in total. The van der Waals surface area contributed by atoms with Crippen LogP contribution < -0.4 is 0 Å². The van der Waals surface area contributed by atoms with Crippen LogP contribution in [0.1, 0.15) is 100 Å². The van der Waals surface area contributed by atoms with Crippen molar-refractivity contribution in [1.29, 1.82) is 0 Å². The fourth-order valence-electron chi connectivity index (χ4n) is 5.04. The van der Waals surface area contributed by atoms with Crippen LogP contribution in [0.4, 0.5) is 0 Å². The third-order valence-electron chi connectivity index (χ3n) is 8.41. The molecule has 0 radical (unpaired) electrons. The first-order valence-corrected chi connectivity index (χ1v) is 15.6. The Balaban J connectivity index is 0.000000309. The molecule has 3 aromatic rings. The van der Waals surface area contributed by atoms with E-state index in [1.165, 1.54) is 16.3 Å². The van der Waals surface area contributed by atoms with Gasteiger partial charge in [0.05, 0.1) is 12.1 Å². The predicted octanol–water partition coefficient (Wildman–Crippen LogP) is 9.17. The van der Waals surface area contributed by atoms with Crippen molar-refractivity contribution in [3.63, 3.8) is 0 Å². The van der Waals surface area contributed by atoms with Gasteiger partial charge in [0.25, 0.3) is 0 Å². The highest BCUT2D eigenvalue weighted by molar-refractivity contribution is 5.91. The van der Waals surface area contributed by atoms with Gasteiger partial charge in [0.15, 0.2) is 11.6 Å². The molecule has 0 aliphatic carbocycles. The van der Waals surface area contributed by atoms with Crippen molar-refractivity contribution in [2.24, 2.45) is 10.8 Å². The number of rotatable bonds is 7. The molecule has 0 spiro atoms. The molecule has 3 aromatic carbocycles. The Morgan fingerprint density at radius 2 is 1.05 bits per heavy atom. The number of ketones is 2. The molecular formula is C39H58N2O2. The predicted molar refractivity (Wildman–Crippen MR) is 185 cm³/mol. The lowest BCUT2D eigenvalue weighted by atomic mass is 9.82. The Bertz CT molecular complexity index is 1340. The molecule has 0 aromatic heterocycles. The van der Waals surface area contributed by atoms with Crippen molar-refractivity contribution >= 4 is 22.3 Å². The van der Waals surface area contributed by atoms with Gasteiger partial charge in [0.1, 0.15) is 0 Å². The Morgan fingerprint density at radius 3 is 1.53 bits per heavy atom. The third-order valence-corrected chi connectivity index (χ3v) is 8.41. The van der Waals surface area contributed by atoms with Crippen LogP contribution >= 0.6 is 0 Å². The SMILES string of the molecule is CN([C@@H](C(=O)C(C)(C)C)c1ccccc1)C(C)(C)C.CN([C@H](Cc1cccc2ccccc12)C(=O)C(C)(C)C)C(C)(C)C. The van der Waals surface area contributed by atoms with Crippen LogP contribution in [-0.4, -0.2) is 52.6 Å². The van der Waals surface area contributed by atoms with Crippen molar-refractivity contribution in [3.05, 3.63) is 83.9 Å². The number of hydrogen-bond acceptors (Lipinski definition) is 4. The molecule has 0 saturated heterocycles. The molecule has 0 N–H and O–H groups in total. The molecule has 2 atom stereocenters. The molecule has 0 aliphatic rings. The quantitative estimate of drug-likeness (QED) is 0.277. The van der Waals surface area contributed by atoms with Crippen molar-refractivity contribution in [3.8, 4) is 0 Å². The van der Waals surface area contributed by atoms with Gasteiger partial charge in [-0.05, 0) is 84.0 Å². The van der Waals surface area contributed by atoms with E-state index in [1.807, 2.05) is 78.9 Å². The van der Waals surface area contributed by atoms with E-state index in [0.717, 1.165) is 12.0 Å². The van der Waals surface area contributed by atoms with Gasteiger partial charge in [0.2, 0.25) is 0 Å². The maximum Gasteiger partial charge on any atom is 0.159 e. The second kappa shape index (κ2) is 13.9. The van der Waals surface area contributed by atoms with E-state index in [-0.39, 0.29) is 39.8 Å². The first-order chi connectivity index (χ1) is 19.6. The van der Waals surface area contributed by atoms with Gasteiger partial charge < -0.3 is 0 Å². The van der Waals surface area contributed by atoms with Gasteiger partial charge in [-0.2, -0.15) is 0 Å². The van der Waals surface area contributed by atoms with Crippen LogP contribution in [0.15, 0.2) is 72.8 Å². The zero-order chi connectivity index (χ0) is 33.0. The monoisotopic (exact) mass is 586 g/mol. The van der Waals surface area contributed by atoms with Crippen LogP contribution in [0, 0.1) is 10.8 Å². The molecule has 0 saturated carbocycles. The average molecular weight is 587 g/mol. The van der Waals surface area contributed by atoms with E-state index >= 15 is 0 Å². The smallest absolute Gasteiger partial charge is 0.159 e. The molecule has 0 fully saturated rings. The van der Waals surface area contributed by atoms with Gasteiger partial charge in [0, 0.05) is 21.9 Å². The molecule has 43 heavy (non-hydrogen) atoms. The highest BCUT2D eigenvalue weighted by atomic mass is 16.1. The van der Waals surface area contributed by atoms with Crippen molar-refractivity contribution < 1.29 is 9.59 Å². The summed E-state index contributed by atoms with van der Waals surface area (Å²) in [5, 5.41) is 2.48. The summed E-state index contributed by atoms with van der Waals surface area (Å²) in [6.45, 7) is 24.9. The molecule has 0 bridgehead atoms. The lowest BCUT2D eigenvalue weighted by molar-refractivity contribution is -0.134. The van der Waals surface area contributed by atoms with E-state index in [2.05, 4.69) is 101 Å². The van der Waals surface area contributed by atoms with Crippen molar-refractivity contribution in [1.82, 2.24) is 9.80 Å². The molecule has 0 amide bonds. The van der Waals surface area contributed by atoms with Crippen LogP contribution in [0.5, 0.6) is 0 Å². The molecule has 0 aliphatic heterocycles. The van der Waals surface area contributed by atoms with Crippen molar-refractivity contribution in [2.45, 2.75) is 113 Å². The van der Waals surface area contributed by atoms with Crippen LogP contribution in [0.25, 0.3) is 10.8 Å². The zero-order valence-electron chi connectivity index (χ0n) is 29.5. The summed E-state index contributed by atoms with van der Waals surface area (Å²) >= 11 is 0. The Hall–Kier alpha value is -2.82. The minimum Gasteiger partial charge on any atom is -0.297 e. The number of carbonyl (C=O) groups excluding carboxylic acids is 2. The lowest BCUT2D eigenvalue weighted by Crippen LogP contribution is -2.52. The molecule has 0 unspecified atom stereocenters. The van der Waals surface area contributed by atoms with E-state index in [0.29, 0.717) is 5.78 Å². The number of nitrogens with zero attached hydrogens (tertiary/aromatic N) is 2. The zero-order valence-corrected chi connectivity index (χ0v) is 29.5. The summed E-state index contributed by atoms with van der Waals surface area (Å²) in [4.78, 5) is 30.4. The molecule has 236 valence electrons. The van der Waals surface area contributed by atoms with Crippen molar-refractivity contribution in [2.75, 3.05) is 14.1 Å². The molecule has 3 rings (SSSR count). The van der Waals surface area contributed by atoms with Gasteiger partial charge in [-0.15, -0.1) is 0 Å². The summed E-state index contributed by atoms with van der Waals surface area (Å²) in [5.74, 6) is 0.559. The van der Waals surface area contributed by atoms with Gasteiger partial charge >= 0.3 is 0 Å². The summed E-state index contributed by atoms with van der Waals surface area (Å²) in [6, 6.07) is 24.5. The Kier molecular flexibility index (Phi) is 11.7. The maximum atomic E-state index is 13.2. The number of carbonyl (C=O) groups is 2. The summed E-state index contributed by atoms with van der Waals surface area (Å²) < 4.78 is 0. The second-order valence-electron chi connectivity index (χ2n) is 16.0. The van der Waals surface area contributed by atoms with Crippen LogP contribution in [-0.2, 0) is 16.0 Å². The second-order valence-corrected chi connectivity index (χ2v) is 16.0. The lowest BCUT2D eigenvalue weighted by Gasteiger charge is -2.40. The normalized spacial score (nSPS) is 14.3.